The van der Waals surface area contributed by atoms with Crippen molar-refractivity contribution >= 4 is 16.9 Å². The van der Waals surface area contributed by atoms with Crippen LogP contribution in [-0.4, -0.2) is 38.9 Å². The lowest BCUT2D eigenvalue weighted by molar-refractivity contribution is -0.133. The van der Waals surface area contributed by atoms with Gasteiger partial charge < -0.3 is 4.90 Å². The van der Waals surface area contributed by atoms with Crippen LogP contribution in [0.4, 0.5) is 0 Å². The second-order valence-electron chi connectivity index (χ2n) is 7.58. The van der Waals surface area contributed by atoms with E-state index < -0.39 is 0 Å². The smallest absolute Gasteiger partial charge is 0.244 e. The highest BCUT2D eigenvalue weighted by Crippen LogP contribution is 2.23. The van der Waals surface area contributed by atoms with Gasteiger partial charge in [0.2, 0.25) is 5.91 Å². The van der Waals surface area contributed by atoms with Gasteiger partial charge in [-0.25, -0.2) is 4.68 Å². The maximum absolute atomic E-state index is 12.7. The summed E-state index contributed by atoms with van der Waals surface area (Å²) < 4.78 is 1.71. The van der Waals surface area contributed by atoms with Crippen LogP contribution in [0.15, 0.2) is 48.5 Å². The summed E-state index contributed by atoms with van der Waals surface area (Å²) in [7, 11) is 0. The number of para-hydroxylation sites is 1. The third-order valence-electron chi connectivity index (χ3n) is 5.63. The Hall–Kier alpha value is -2.69. The first-order chi connectivity index (χ1) is 13.2. The topological polar surface area (TPSA) is 51.0 Å². The Morgan fingerprint density at radius 1 is 1.07 bits per heavy atom. The van der Waals surface area contributed by atoms with Crippen LogP contribution in [0, 0.1) is 12.8 Å². The molecule has 0 aliphatic carbocycles. The van der Waals surface area contributed by atoms with Crippen molar-refractivity contribution < 1.29 is 4.79 Å². The number of hydrogen-bond donors (Lipinski definition) is 0. The van der Waals surface area contributed by atoms with E-state index in [0.29, 0.717) is 5.92 Å². The van der Waals surface area contributed by atoms with Gasteiger partial charge in [0, 0.05) is 13.1 Å². The highest BCUT2D eigenvalue weighted by Gasteiger charge is 2.23. The predicted molar refractivity (Wildman–Crippen MR) is 106 cm³/mol. The molecule has 5 nitrogen and oxygen atoms in total. The minimum absolute atomic E-state index is 0.141. The van der Waals surface area contributed by atoms with E-state index in [0.717, 1.165) is 43.4 Å². The zero-order chi connectivity index (χ0) is 18.6. The van der Waals surface area contributed by atoms with E-state index in [2.05, 4.69) is 41.5 Å². The molecular formula is C22H26N4O. The summed E-state index contributed by atoms with van der Waals surface area (Å²) in [6.45, 7) is 4.10. The summed E-state index contributed by atoms with van der Waals surface area (Å²) >= 11 is 0. The Morgan fingerprint density at radius 3 is 2.59 bits per heavy atom. The Bertz CT molecular complexity index is 907. The van der Waals surface area contributed by atoms with Crippen molar-refractivity contribution in [1.29, 1.82) is 0 Å². The zero-order valence-electron chi connectivity index (χ0n) is 15.8. The van der Waals surface area contributed by atoms with Gasteiger partial charge in [0.1, 0.15) is 12.1 Å². The first-order valence-electron chi connectivity index (χ1n) is 9.80. The van der Waals surface area contributed by atoms with Crippen LogP contribution < -0.4 is 0 Å². The lowest BCUT2D eigenvalue weighted by atomic mass is 9.90. The minimum Gasteiger partial charge on any atom is -0.341 e. The second kappa shape index (κ2) is 7.91. The summed E-state index contributed by atoms with van der Waals surface area (Å²) in [6.07, 6.45) is 4.52. The number of carbonyl (C=O) groups is 1. The van der Waals surface area contributed by atoms with Crippen LogP contribution in [0.5, 0.6) is 0 Å². The maximum Gasteiger partial charge on any atom is 0.244 e. The number of fused-ring (bicyclic) bond motifs is 1. The molecule has 5 heteroatoms. The van der Waals surface area contributed by atoms with Crippen molar-refractivity contribution in [3.8, 4) is 0 Å². The molecule has 0 spiro atoms. The molecule has 1 aromatic heterocycles. The predicted octanol–water partition coefficient (Wildman–Crippen LogP) is 3.61. The molecule has 1 saturated heterocycles. The van der Waals surface area contributed by atoms with Crippen molar-refractivity contribution in [2.24, 2.45) is 5.92 Å². The molecule has 1 amide bonds. The fourth-order valence-corrected chi connectivity index (χ4v) is 3.86. The molecule has 3 aromatic rings. The van der Waals surface area contributed by atoms with Gasteiger partial charge in [-0.2, -0.15) is 0 Å². The van der Waals surface area contributed by atoms with Crippen LogP contribution in [0.2, 0.25) is 0 Å². The molecule has 0 unspecified atom stereocenters. The third-order valence-corrected chi connectivity index (χ3v) is 5.63. The van der Waals surface area contributed by atoms with Gasteiger partial charge in [-0.1, -0.05) is 47.2 Å². The van der Waals surface area contributed by atoms with Crippen molar-refractivity contribution in [3.63, 3.8) is 0 Å². The van der Waals surface area contributed by atoms with E-state index in [1.165, 1.54) is 17.5 Å². The van der Waals surface area contributed by atoms with Gasteiger partial charge in [0.15, 0.2) is 0 Å². The molecule has 0 bridgehead atoms. The van der Waals surface area contributed by atoms with E-state index in [4.69, 9.17) is 0 Å². The summed E-state index contributed by atoms with van der Waals surface area (Å²) in [4.78, 5) is 14.6. The van der Waals surface area contributed by atoms with Gasteiger partial charge in [0.05, 0.1) is 5.52 Å². The van der Waals surface area contributed by atoms with Gasteiger partial charge in [-0.05, 0) is 56.2 Å². The largest absolute Gasteiger partial charge is 0.341 e. The number of rotatable bonds is 5. The Labute approximate surface area is 160 Å². The number of carbonyl (C=O) groups excluding carboxylic acids is 1. The zero-order valence-corrected chi connectivity index (χ0v) is 15.8. The summed E-state index contributed by atoms with van der Waals surface area (Å²) in [5.74, 6) is 0.852. The van der Waals surface area contributed by atoms with Crippen molar-refractivity contribution in [2.75, 3.05) is 13.1 Å². The lowest BCUT2D eigenvalue weighted by Crippen LogP contribution is -2.40. The fourth-order valence-electron chi connectivity index (χ4n) is 3.86. The number of benzene rings is 2. The SMILES string of the molecule is Cc1ccc(CCC2CCN(C(=O)Cn3nnc4ccccc43)CC2)cc1. The van der Waals surface area contributed by atoms with Crippen LogP contribution in [-0.2, 0) is 17.8 Å². The number of amides is 1. The Kier molecular flexibility index (Phi) is 5.19. The molecule has 1 aliphatic rings. The molecule has 2 aromatic carbocycles. The molecule has 0 atom stereocenters. The fraction of sp³-hybridized carbons (Fsp3) is 0.409. The van der Waals surface area contributed by atoms with Crippen LogP contribution in [0.25, 0.3) is 11.0 Å². The lowest BCUT2D eigenvalue weighted by Gasteiger charge is -2.32. The molecule has 140 valence electrons. The summed E-state index contributed by atoms with van der Waals surface area (Å²) in [5.41, 5.74) is 4.47. The highest BCUT2D eigenvalue weighted by atomic mass is 16.2. The molecule has 1 aliphatic heterocycles. The number of aryl methyl sites for hydroxylation is 2. The Balaban J connectivity index is 1.27. The molecule has 1 fully saturated rings. The van der Waals surface area contributed by atoms with Gasteiger partial charge in [-0.15, -0.1) is 5.10 Å². The number of nitrogens with zero attached hydrogens (tertiary/aromatic N) is 4. The van der Waals surface area contributed by atoms with Crippen LogP contribution in [0.1, 0.15) is 30.4 Å². The monoisotopic (exact) mass is 362 g/mol. The average molecular weight is 362 g/mol. The van der Waals surface area contributed by atoms with Crippen molar-refractivity contribution in [3.05, 3.63) is 59.7 Å². The molecule has 0 N–H and O–H groups in total. The van der Waals surface area contributed by atoms with Crippen LogP contribution in [0.3, 0.4) is 0 Å². The van der Waals surface area contributed by atoms with E-state index in [1.807, 2.05) is 29.2 Å². The summed E-state index contributed by atoms with van der Waals surface area (Å²) in [5, 5.41) is 8.26. The molecule has 2 heterocycles. The first-order valence-corrected chi connectivity index (χ1v) is 9.80. The molecule has 4 rings (SSSR count). The number of aromatic nitrogens is 3. The molecular weight excluding hydrogens is 336 g/mol. The number of piperidine rings is 1. The molecule has 27 heavy (non-hydrogen) atoms. The van der Waals surface area contributed by atoms with E-state index in [9.17, 15) is 4.79 Å². The minimum atomic E-state index is 0.141. The Morgan fingerprint density at radius 2 is 1.81 bits per heavy atom. The quantitative estimate of drug-likeness (QED) is 0.697. The van der Waals surface area contributed by atoms with Crippen molar-refractivity contribution in [1.82, 2.24) is 19.9 Å². The van der Waals surface area contributed by atoms with E-state index >= 15 is 0 Å². The van der Waals surface area contributed by atoms with E-state index in [1.54, 1.807) is 4.68 Å². The van der Waals surface area contributed by atoms with Crippen LogP contribution >= 0.6 is 0 Å². The van der Waals surface area contributed by atoms with Crippen molar-refractivity contribution in [2.45, 2.75) is 39.2 Å². The van der Waals surface area contributed by atoms with Gasteiger partial charge >= 0.3 is 0 Å². The van der Waals surface area contributed by atoms with Gasteiger partial charge in [-0.3, -0.25) is 4.79 Å². The highest BCUT2D eigenvalue weighted by molar-refractivity contribution is 5.79. The maximum atomic E-state index is 12.7. The third kappa shape index (κ3) is 4.18. The molecule has 0 saturated carbocycles. The first kappa shape index (κ1) is 17.7. The normalized spacial score (nSPS) is 15.4. The van der Waals surface area contributed by atoms with E-state index in [-0.39, 0.29) is 12.5 Å². The average Bonchev–Trinajstić information content (AvgIpc) is 3.11. The standard InChI is InChI=1S/C22H26N4O/c1-17-6-8-18(9-7-17)10-11-19-12-14-25(15-13-19)22(27)16-26-21-5-3-2-4-20(21)23-24-26/h2-9,19H,10-16H2,1H3. The molecule has 0 radical (unpaired) electrons. The van der Waals surface area contributed by atoms with Gasteiger partial charge in [0.25, 0.3) is 0 Å². The summed E-state index contributed by atoms with van der Waals surface area (Å²) in [6, 6.07) is 16.6. The second-order valence-corrected chi connectivity index (χ2v) is 7.58. The number of hydrogen-bond acceptors (Lipinski definition) is 3. The number of likely N-dealkylation sites (tertiary alicyclic amines) is 1.